The van der Waals surface area contributed by atoms with Gasteiger partial charge in [0.2, 0.25) is 0 Å². The van der Waals surface area contributed by atoms with Crippen molar-refractivity contribution in [2.24, 2.45) is 0 Å². The topological polar surface area (TPSA) is 41.1 Å². The first kappa shape index (κ1) is 13.4. The molecular weight excluding hydrogens is 316 g/mol. The minimum absolute atomic E-state index is 0.508. The standard InChI is InChI=1S/C15H17BrN4/c16-15-14(2-1-7-18-15)19-12-5-10-20(11-6-12)13-3-8-17-9-4-13/h1-4,7-9,12,19H,5-6,10-11H2. The van der Waals surface area contributed by atoms with Crippen LogP contribution in [-0.4, -0.2) is 29.1 Å². The highest BCUT2D eigenvalue weighted by atomic mass is 79.9. The lowest BCUT2D eigenvalue weighted by atomic mass is 10.0. The summed E-state index contributed by atoms with van der Waals surface area (Å²) in [7, 11) is 0. The summed E-state index contributed by atoms with van der Waals surface area (Å²) in [6, 6.07) is 8.68. The number of piperidine rings is 1. The lowest BCUT2D eigenvalue weighted by Gasteiger charge is -2.34. The maximum Gasteiger partial charge on any atom is 0.129 e. The first-order chi connectivity index (χ1) is 9.83. The fourth-order valence-electron chi connectivity index (χ4n) is 2.55. The maximum atomic E-state index is 4.24. The molecule has 0 amide bonds. The summed E-state index contributed by atoms with van der Waals surface area (Å²) in [6.45, 7) is 2.14. The molecule has 0 bridgehead atoms. The molecule has 1 aliphatic rings. The van der Waals surface area contributed by atoms with E-state index in [1.54, 1.807) is 6.20 Å². The van der Waals surface area contributed by atoms with E-state index in [1.165, 1.54) is 5.69 Å². The van der Waals surface area contributed by atoms with Crippen molar-refractivity contribution < 1.29 is 0 Å². The van der Waals surface area contributed by atoms with Crippen LogP contribution in [-0.2, 0) is 0 Å². The molecule has 1 N–H and O–H groups in total. The van der Waals surface area contributed by atoms with Gasteiger partial charge in [0.1, 0.15) is 4.60 Å². The first-order valence-corrected chi connectivity index (χ1v) is 7.64. The van der Waals surface area contributed by atoms with E-state index in [-0.39, 0.29) is 0 Å². The highest BCUT2D eigenvalue weighted by molar-refractivity contribution is 9.10. The summed E-state index contributed by atoms with van der Waals surface area (Å²) in [5, 5.41) is 3.57. The summed E-state index contributed by atoms with van der Waals surface area (Å²) in [5.41, 5.74) is 2.34. The van der Waals surface area contributed by atoms with Crippen molar-refractivity contribution >= 4 is 27.3 Å². The van der Waals surface area contributed by atoms with Gasteiger partial charge in [-0.15, -0.1) is 0 Å². The molecule has 2 aromatic heterocycles. The zero-order chi connectivity index (χ0) is 13.8. The lowest BCUT2D eigenvalue weighted by molar-refractivity contribution is 0.526. The van der Waals surface area contributed by atoms with E-state index in [1.807, 2.05) is 18.5 Å². The van der Waals surface area contributed by atoms with Crippen molar-refractivity contribution in [3.05, 3.63) is 47.5 Å². The summed E-state index contributed by atoms with van der Waals surface area (Å²) in [5.74, 6) is 0. The van der Waals surface area contributed by atoms with Crippen molar-refractivity contribution in [2.75, 3.05) is 23.3 Å². The molecule has 3 heterocycles. The first-order valence-electron chi connectivity index (χ1n) is 6.85. The van der Waals surface area contributed by atoms with Gasteiger partial charge in [-0.1, -0.05) is 0 Å². The Labute approximate surface area is 127 Å². The van der Waals surface area contributed by atoms with Gasteiger partial charge >= 0.3 is 0 Å². The average molecular weight is 333 g/mol. The quantitative estimate of drug-likeness (QED) is 0.875. The fourth-order valence-corrected chi connectivity index (χ4v) is 2.92. The van der Waals surface area contributed by atoms with Gasteiger partial charge in [-0.25, -0.2) is 4.98 Å². The van der Waals surface area contributed by atoms with Crippen molar-refractivity contribution in [3.8, 4) is 0 Å². The Morgan fingerprint density at radius 1 is 1.10 bits per heavy atom. The number of pyridine rings is 2. The van der Waals surface area contributed by atoms with Crippen LogP contribution in [0, 0.1) is 0 Å². The summed E-state index contributed by atoms with van der Waals surface area (Å²) < 4.78 is 0.886. The number of anilines is 2. The molecule has 0 aliphatic carbocycles. The minimum atomic E-state index is 0.508. The van der Waals surface area contributed by atoms with Gasteiger partial charge in [0.25, 0.3) is 0 Å². The van der Waals surface area contributed by atoms with Crippen LogP contribution < -0.4 is 10.2 Å². The van der Waals surface area contributed by atoms with Gasteiger partial charge in [0.05, 0.1) is 5.69 Å². The molecule has 4 nitrogen and oxygen atoms in total. The van der Waals surface area contributed by atoms with Crippen LogP contribution in [0.5, 0.6) is 0 Å². The zero-order valence-electron chi connectivity index (χ0n) is 11.2. The van der Waals surface area contributed by atoms with Crippen LogP contribution in [0.2, 0.25) is 0 Å². The van der Waals surface area contributed by atoms with Crippen LogP contribution in [0.1, 0.15) is 12.8 Å². The molecule has 104 valence electrons. The molecule has 1 fully saturated rings. The smallest absolute Gasteiger partial charge is 0.129 e. The Bertz CT molecular complexity index is 553. The Hall–Kier alpha value is -1.62. The number of rotatable bonds is 3. The van der Waals surface area contributed by atoms with E-state index in [0.29, 0.717) is 6.04 Å². The molecule has 2 aromatic rings. The molecule has 0 atom stereocenters. The largest absolute Gasteiger partial charge is 0.380 e. The molecule has 1 saturated heterocycles. The number of halogens is 1. The number of nitrogens with one attached hydrogen (secondary N) is 1. The SMILES string of the molecule is Brc1ncccc1NC1CCN(c2ccncc2)CC1. The van der Waals surface area contributed by atoms with Gasteiger partial charge < -0.3 is 10.2 Å². The molecule has 0 saturated carbocycles. The normalized spacial score (nSPS) is 16.1. The minimum Gasteiger partial charge on any atom is -0.380 e. The molecule has 1 aliphatic heterocycles. The molecule has 20 heavy (non-hydrogen) atoms. The van der Waals surface area contributed by atoms with E-state index >= 15 is 0 Å². The average Bonchev–Trinajstić information content (AvgIpc) is 2.51. The second kappa shape index (κ2) is 6.22. The molecule has 0 spiro atoms. The van der Waals surface area contributed by atoms with Gasteiger partial charge in [-0.2, -0.15) is 0 Å². The van der Waals surface area contributed by atoms with Crippen LogP contribution in [0.3, 0.4) is 0 Å². The fraction of sp³-hybridized carbons (Fsp3) is 0.333. The predicted molar refractivity (Wildman–Crippen MR) is 85.0 cm³/mol. The predicted octanol–water partition coefficient (Wildman–Crippen LogP) is 3.32. The Morgan fingerprint density at radius 2 is 1.85 bits per heavy atom. The monoisotopic (exact) mass is 332 g/mol. The van der Waals surface area contributed by atoms with Gasteiger partial charge in [0, 0.05) is 43.4 Å². The molecule has 0 aromatic carbocycles. The lowest BCUT2D eigenvalue weighted by Crippen LogP contribution is -2.39. The van der Waals surface area contributed by atoms with Gasteiger partial charge in [-0.05, 0) is 53.0 Å². The van der Waals surface area contributed by atoms with Crippen LogP contribution in [0.25, 0.3) is 0 Å². The third kappa shape index (κ3) is 3.10. The van der Waals surface area contributed by atoms with E-state index in [0.717, 1.165) is 36.2 Å². The number of nitrogens with zero attached hydrogens (tertiary/aromatic N) is 3. The van der Waals surface area contributed by atoms with Crippen LogP contribution in [0.15, 0.2) is 47.5 Å². The highest BCUT2D eigenvalue weighted by Crippen LogP contribution is 2.24. The molecule has 3 rings (SSSR count). The van der Waals surface area contributed by atoms with Gasteiger partial charge in [0.15, 0.2) is 0 Å². The van der Waals surface area contributed by atoms with Crippen molar-refractivity contribution in [2.45, 2.75) is 18.9 Å². The zero-order valence-corrected chi connectivity index (χ0v) is 12.8. The summed E-state index contributed by atoms with van der Waals surface area (Å²) in [6.07, 6.45) is 7.76. The number of hydrogen-bond donors (Lipinski definition) is 1. The van der Waals surface area contributed by atoms with E-state index in [2.05, 4.69) is 54.3 Å². The summed E-state index contributed by atoms with van der Waals surface area (Å²) in [4.78, 5) is 10.7. The molecule has 0 unspecified atom stereocenters. The van der Waals surface area contributed by atoms with Crippen molar-refractivity contribution in [1.82, 2.24) is 9.97 Å². The highest BCUT2D eigenvalue weighted by Gasteiger charge is 2.19. The maximum absolute atomic E-state index is 4.24. The Kier molecular flexibility index (Phi) is 4.16. The molecule has 0 radical (unpaired) electrons. The number of aromatic nitrogens is 2. The Balaban J connectivity index is 1.58. The van der Waals surface area contributed by atoms with Gasteiger partial charge in [-0.3, -0.25) is 4.98 Å². The third-order valence-electron chi connectivity index (χ3n) is 3.64. The second-order valence-corrected chi connectivity index (χ2v) is 5.70. The van der Waals surface area contributed by atoms with Crippen molar-refractivity contribution in [3.63, 3.8) is 0 Å². The Morgan fingerprint density at radius 3 is 2.55 bits per heavy atom. The van der Waals surface area contributed by atoms with E-state index in [4.69, 9.17) is 0 Å². The van der Waals surface area contributed by atoms with Crippen LogP contribution in [0.4, 0.5) is 11.4 Å². The molecular formula is C15H17BrN4. The molecule has 5 heteroatoms. The van der Waals surface area contributed by atoms with E-state index in [9.17, 15) is 0 Å². The third-order valence-corrected chi connectivity index (χ3v) is 4.27. The second-order valence-electron chi connectivity index (χ2n) is 4.95. The summed E-state index contributed by atoms with van der Waals surface area (Å²) >= 11 is 3.48. The number of hydrogen-bond acceptors (Lipinski definition) is 4. The van der Waals surface area contributed by atoms with E-state index < -0.39 is 0 Å². The van der Waals surface area contributed by atoms with Crippen molar-refractivity contribution in [1.29, 1.82) is 0 Å². The van der Waals surface area contributed by atoms with Crippen LogP contribution >= 0.6 is 15.9 Å².